The number of aromatic nitrogens is 2. The Hall–Kier alpha value is -3.22. The number of fused-ring (bicyclic) bond motifs is 2. The van der Waals surface area contributed by atoms with Gasteiger partial charge in [-0.15, -0.1) is 0 Å². The summed E-state index contributed by atoms with van der Waals surface area (Å²) in [7, 11) is 1.34. The summed E-state index contributed by atoms with van der Waals surface area (Å²) < 4.78 is 10.7. The molecule has 2 aromatic heterocycles. The van der Waals surface area contributed by atoms with Crippen LogP contribution in [-0.2, 0) is 20.7 Å². The Morgan fingerprint density at radius 3 is 2.68 bits per heavy atom. The Morgan fingerprint density at radius 1 is 1.11 bits per heavy atom. The fourth-order valence-electron chi connectivity index (χ4n) is 3.87. The molecule has 0 fully saturated rings. The zero-order chi connectivity index (χ0) is 19.8. The molecule has 1 aliphatic heterocycles. The highest BCUT2D eigenvalue weighted by Gasteiger charge is 2.36. The lowest BCUT2D eigenvalue weighted by Gasteiger charge is -2.24. The van der Waals surface area contributed by atoms with E-state index in [2.05, 4.69) is 15.3 Å². The smallest absolute Gasteiger partial charge is 0.340 e. The van der Waals surface area contributed by atoms with Crippen molar-refractivity contribution in [1.29, 1.82) is 0 Å². The third-order valence-corrected chi connectivity index (χ3v) is 5.51. The first-order chi connectivity index (χ1) is 13.5. The molecule has 2 aliphatic rings. The van der Waals surface area contributed by atoms with Gasteiger partial charge in [0.1, 0.15) is 6.10 Å². The van der Waals surface area contributed by atoms with Crippen LogP contribution < -0.4 is 5.32 Å². The summed E-state index contributed by atoms with van der Waals surface area (Å²) in [6.07, 6.45) is 8.43. The molecule has 1 N–H and O–H groups in total. The van der Waals surface area contributed by atoms with Gasteiger partial charge in [0.15, 0.2) is 0 Å². The number of nitrogens with one attached hydrogen (secondary N) is 1. The second-order valence-electron chi connectivity index (χ2n) is 7.09. The highest BCUT2D eigenvalue weighted by atomic mass is 16.5. The van der Waals surface area contributed by atoms with E-state index in [4.69, 9.17) is 9.47 Å². The van der Waals surface area contributed by atoms with Crippen molar-refractivity contribution in [3.8, 4) is 0 Å². The highest BCUT2D eigenvalue weighted by Crippen LogP contribution is 2.38. The number of carbonyl (C=O) groups is 2. The SMILES string of the molecule is COC(=O)c1cncc2c1C[C@H](OC(=O)C1=CN[C@H](C)c3cnccc31)[C@@H]2C. The van der Waals surface area contributed by atoms with E-state index in [0.29, 0.717) is 17.6 Å². The average Bonchev–Trinajstić information content (AvgIpc) is 3.03. The molecule has 0 saturated heterocycles. The number of nitrogens with zero attached hydrogens (tertiary/aromatic N) is 2. The number of esters is 2. The fraction of sp³-hybridized carbons (Fsp3) is 0.333. The summed E-state index contributed by atoms with van der Waals surface area (Å²) in [6.45, 7) is 3.98. The molecule has 4 rings (SSSR count). The van der Waals surface area contributed by atoms with E-state index in [0.717, 1.165) is 22.3 Å². The van der Waals surface area contributed by atoms with E-state index in [1.165, 1.54) is 13.3 Å². The number of methoxy groups -OCH3 is 1. The summed E-state index contributed by atoms with van der Waals surface area (Å²) in [6, 6.07) is 1.90. The van der Waals surface area contributed by atoms with Crippen LogP contribution in [0.4, 0.5) is 0 Å². The Kier molecular flexibility index (Phi) is 4.58. The van der Waals surface area contributed by atoms with Crippen molar-refractivity contribution in [3.63, 3.8) is 0 Å². The van der Waals surface area contributed by atoms with Crippen molar-refractivity contribution in [2.24, 2.45) is 0 Å². The van der Waals surface area contributed by atoms with Gasteiger partial charge in [0.05, 0.1) is 24.3 Å². The molecule has 3 atom stereocenters. The predicted molar refractivity (Wildman–Crippen MR) is 101 cm³/mol. The van der Waals surface area contributed by atoms with Gasteiger partial charge in [0.2, 0.25) is 0 Å². The maximum atomic E-state index is 12.9. The molecular formula is C21H21N3O4. The van der Waals surface area contributed by atoms with Crippen LogP contribution >= 0.6 is 0 Å². The van der Waals surface area contributed by atoms with Crippen molar-refractivity contribution in [2.45, 2.75) is 38.3 Å². The van der Waals surface area contributed by atoms with Crippen molar-refractivity contribution >= 4 is 17.5 Å². The monoisotopic (exact) mass is 379 g/mol. The van der Waals surface area contributed by atoms with Crippen LogP contribution in [0.15, 0.2) is 37.1 Å². The molecule has 0 saturated carbocycles. The molecule has 144 valence electrons. The number of hydrogen-bond donors (Lipinski definition) is 1. The van der Waals surface area contributed by atoms with Gasteiger partial charge in [0, 0.05) is 48.9 Å². The van der Waals surface area contributed by atoms with Crippen molar-refractivity contribution in [3.05, 3.63) is 64.9 Å². The number of rotatable bonds is 3. The molecule has 1 aliphatic carbocycles. The van der Waals surface area contributed by atoms with E-state index >= 15 is 0 Å². The molecule has 0 spiro atoms. The molecule has 3 heterocycles. The van der Waals surface area contributed by atoms with Crippen LogP contribution in [0.3, 0.4) is 0 Å². The average molecular weight is 379 g/mol. The van der Waals surface area contributed by atoms with Crippen molar-refractivity contribution in [2.75, 3.05) is 7.11 Å². The van der Waals surface area contributed by atoms with Crippen LogP contribution in [-0.4, -0.2) is 35.1 Å². The summed E-state index contributed by atoms with van der Waals surface area (Å²) >= 11 is 0. The largest absolute Gasteiger partial charge is 0.465 e. The Morgan fingerprint density at radius 2 is 1.89 bits per heavy atom. The van der Waals surface area contributed by atoms with Gasteiger partial charge in [0.25, 0.3) is 0 Å². The number of pyridine rings is 2. The van der Waals surface area contributed by atoms with Gasteiger partial charge in [-0.3, -0.25) is 9.97 Å². The fourth-order valence-corrected chi connectivity index (χ4v) is 3.87. The lowest BCUT2D eigenvalue weighted by Crippen LogP contribution is -2.26. The molecule has 0 aromatic carbocycles. The van der Waals surface area contributed by atoms with Gasteiger partial charge in [-0.05, 0) is 29.7 Å². The third kappa shape index (κ3) is 2.93. The molecule has 7 heteroatoms. The summed E-state index contributed by atoms with van der Waals surface area (Å²) in [5, 5.41) is 3.18. The molecule has 0 unspecified atom stereocenters. The summed E-state index contributed by atoms with van der Waals surface area (Å²) in [4.78, 5) is 33.3. The molecular weight excluding hydrogens is 358 g/mol. The first-order valence-electron chi connectivity index (χ1n) is 9.17. The van der Waals surface area contributed by atoms with Crippen molar-refractivity contribution < 1.29 is 19.1 Å². The zero-order valence-corrected chi connectivity index (χ0v) is 15.9. The van der Waals surface area contributed by atoms with Gasteiger partial charge < -0.3 is 14.8 Å². The maximum absolute atomic E-state index is 12.9. The molecule has 0 amide bonds. The van der Waals surface area contributed by atoms with E-state index in [9.17, 15) is 9.59 Å². The van der Waals surface area contributed by atoms with E-state index in [1.54, 1.807) is 24.8 Å². The lowest BCUT2D eigenvalue weighted by molar-refractivity contribution is -0.142. The molecule has 7 nitrogen and oxygen atoms in total. The van der Waals surface area contributed by atoms with E-state index < -0.39 is 11.9 Å². The predicted octanol–water partition coefficient (Wildman–Crippen LogP) is 2.54. The number of ether oxygens (including phenoxy) is 2. The number of carbonyl (C=O) groups excluding carboxylic acids is 2. The van der Waals surface area contributed by atoms with Gasteiger partial charge >= 0.3 is 11.9 Å². The topological polar surface area (TPSA) is 90.4 Å². The van der Waals surface area contributed by atoms with Crippen LogP contribution in [0.5, 0.6) is 0 Å². The van der Waals surface area contributed by atoms with Crippen LogP contribution in [0, 0.1) is 0 Å². The van der Waals surface area contributed by atoms with E-state index in [-0.39, 0.29) is 18.1 Å². The zero-order valence-electron chi connectivity index (χ0n) is 15.9. The molecule has 0 bridgehead atoms. The standard InChI is InChI=1S/C21H21N3O4/c1-11-15-7-23-9-17(20(25)27-3)14(15)6-19(11)28-21(26)18-10-24-12(2)16-8-22-5-4-13(16)18/h4-5,7-12,19,24H,6H2,1-3H3/t11-,12-,19+/m1/s1. The summed E-state index contributed by atoms with van der Waals surface area (Å²) in [5.74, 6) is -0.897. The first kappa shape index (κ1) is 18.2. The minimum Gasteiger partial charge on any atom is -0.465 e. The van der Waals surface area contributed by atoms with Crippen LogP contribution in [0.25, 0.3) is 5.57 Å². The second-order valence-corrected chi connectivity index (χ2v) is 7.09. The van der Waals surface area contributed by atoms with Crippen LogP contribution in [0.2, 0.25) is 0 Å². The quantitative estimate of drug-likeness (QED) is 0.820. The maximum Gasteiger partial charge on any atom is 0.340 e. The Labute approximate surface area is 162 Å². The minimum absolute atomic E-state index is 0.0657. The molecule has 0 radical (unpaired) electrons. The van der Waals surface area contributed by atoms with Gasteiger partial charge in [-0.1, -0.05) is 6.92 Å². The second kappa shape index (κ2) is 7.07. The van der Waals surface area contributed by atoms with E-state index in [1.807, 2.05) is 19.9 Å². The normalized spacial score (nSPS) is 22.4. The minimum atomic E-state index is -0.432. The Balaban J connectivity index is 1.58. The van der Waals surface area contributed by atoms with Crippen molar-refractivity contribution in [1.82, 2.24) is 15.3 Å². The third-order valence-electron chi connectivity index (χ3n) is 5.51. The lowest BCUT2D eigenvalue weighted by atomic mass is 9.95. The molecule has 2 aromatic rings. The highest BCUT2D eigenvalue weighted by molar-refractivity contribution is 6.17. The first-order valence-corrected chi connectivity index (χ1v) is 9.17. The van der Waals surface area contributed by atoms with Gasteiger partial charge in [-0.2, -0.15) is 0 Å². The van der Waals surface area contributed by atoms with Gasteiger partial charge in [-0.25, -0.2) is 9.59 Å². The molecule has 28 heavy (non-hydrogen) atoms. The Bertz CT molecular complexity index is 985. The summed E-state index contributed by atoms with van der Waals surface area (Å²) in [5.41, 5.74) is 4.43. The number of hydrogen-bond acceptors (Lipinski definition) is 7. The van der Waals surface area contributed by atoms with Crippen LogP contribution in [0.1, 0.15) is 58.4 Å².